The second-order valence-corrected chi connectivity index (χ2v) is 6.22. The van der Waals surface area contributed by atoms with Gasteiger partial charge in [-0.1, -0.05) is 12.1 Å². The maximum Gasteiger partial charge on any atom is 0.407 e. The average molecular weight is 327 g/mol. The number of carboxylic acids is 1. The lowest BCUT2D eigenvalue weighted by Gasteiger charge is -2.30. The number of hydrogen-bond donors (Lipinski definition) is 3. The summed E-state index contributed by atoms with van der Waals surface area (Å²) in [5.41, 5.74) is -2.00. The van der Waals surface area contributed by atoms with Crippen molar-refractivity contribution < 1.29 is 28.9 Å². The summed E-state index contributed by atoms with van der Waals surface area (Å²) < 4.78 is 18.2. The number of aliphatic hydroxyl groups excluding tert-OH is 1. The smallest absolute Gasteiger partial charge is 0.407 e. The molecule has 1 rings (SSSR count). The van der Waals surface area contributed by atoms with Gasteiger partial charge in [-0.15, -0.1) is 0 Å². The van der Waals surface area contributed by atoms with Crippen LogP contribution in [0.5, 0.6) is 0 Å². The summed E-state index contributed by atoms with van der Waals surface area (Å²) in [4.78, 5) is 23.6. The van der Waals surface area contributed by atoms with E-state index in [2.05, 4.69) is 5.32 Å². The van der Waals surface area contributed by atoms with Crippen LogP contribution in [0.15, 0.2) is 24.3 Å². The molecule has 0 saturated carbocycles. The monoisotopic (exact) mass is 327 g/mol. The van der Waals surface area contributed by atoms with Gasteiger partial charge in [0, 0.05) is 13.2 Å². The summed E-state index contributed by atoms with van der Waals surface area (Å²) in [7, 11) is 0. The number of halogens is 1. The first-order valence-electron chi connectivity index (χ1n) is 7.18. The Balaban J connectivity index is 3.03. The standard InChI is InChI=1S/C16H22FNO5/c1-15(2,3)23-14(22)18-10-16(8-9-19,13(20)21)11-4-6-12(17)7-5-11/h4-7,19H,8-10H2,1-3H3,(H,18,22)(H,20,21). The van der Waals surface area contributed by atoms with Crippen molar-refractivity contribution in [1.29, 1.82) is 0 Å². The number of amides is 1. The SMILES string of the molecule is CC(C)(C)OC(=O)NCC(CCO)(C(=O)O)c1ccc(F)cc1. The van der Waals surface area contributed by atoms with Gasteiger partial charge in [-0.05, 0) is 44.9 Å². The normalized spacial score (nSPS) is 14.0. The summed E-state index contributed by atoms with van der Waals surface area (Å²) in [6.07, 6.45) is -0.896. The molecule has 3 N–H and O–H groups in total. The number of carboxylic acid groups (broad SMARTS) is 1. The van der Waals surface area contributed by atoms with Crippen LogP contribution in [0, 0.1) is 5.82 Å². The van der Waals surface area contributed by atoms with E-state index in [4.69, 9.17) is 4.74 Å². The highest BCUT2D eigenvalue weighted by Gasteiger charge is 2.40. The number of hydrogen-bond acceptors (Lipinski definition) is 4. The topological polar surface area (TPSA) is 95.9 Å². The molecule has 0 fully saturated rings. The molecule has 0 radical (unpaired) electrons. The molecule has 1 amide bonds. The van der Waals surface area contributed by atoms with Gasteiger partial charge in [-0.3, -0.25) is 4.79 Å². The van der Waals surface area contributed by atoms with Gasteiger partial charge < -0.3 is 20.3 Å². The zero-order valence-corrected chi connectivity index (χ0v) is 13.4. The highest BCUT2D eigenvalue weighted by molar-refractivity contribution is 5.82. The van der Waals surface area contributed by atoms with Gasteiger partial charge in [0.05, 0.1) is 0 Å². The summed E-state index contributed by atoms with van der Waals surface area (Å²) in [6, 6.07) is 4.93. The van der Waals surface area contributed by atoms with Gasteiger partial charge in [-0.2, -0.15) is 0 Å². The summed E-state index contributed by atoms with van der Waals surface area (Å²) in [5, 5.41) is 21.3. The lowest BCUT2D eigenvalue weighted by Crippen LogP contribution is -2.48. The van der Waals surface area contributed by atoms with Crippen LogP contribution in [-0.4, -0.2) is 41.0 Å². The van der Waals surface area contributed by atoms with Crippen LogP contribution in [0.3, 0.4) is 0 Å². The maximum absolute atomic E-state index is 13.1. The minimum Gasteiger partial charge on any atom is -0.481 e. The number of carbonyl (C=O) groups is 2. The fraction of sp³-hybridized carbons (Fsp3) is 0.500. The molecule has 0 bridgehead atoms. The van der Waals surface area contributed by atoms with Crippen LogP contribution in [0.25, 0.3) is 0 Å². The Morgan fingerprint density at radius 1 is 1.22 bits per heavy atom. The Morgan fingerprint density at radius 2 is 1.78 bits per heavy atom. The van der Waals surface area contributed by atoms with E-state index < -0.39 is 35.5 Å². The fourth-order valence-corrected chi connectivity index (χ4v) is 2.14. The molecule has 1 atom stereocenters. The number of ether oxygens (including phenoxy) is 1. The highest BCUT2D eigenvalue weighted by atomic mass is 19.1. The molecule has 0 aromatic heterocycles. The quantitative estimate of drug-likeness (QED) is 0.743. The van der Waals surface area contributed by atoms with Crippen LogP contribution in [0.1, 0.15) is 32.8 Å². The molecule has 7 heteroatoms. The molecule has 1 aromatic rings. The van der Waals surface area contributed by atoms with Crippen molar-refractivity contribution in [3.8, 4) is 0 Å². The predicted octanol–water partition coefficient (Wildman–Crippen LogP) is 2.06. The lowest BCUT2D eigenvalue weighted by molar-refractivity contribution is -0.144. The minimum absolute atomic E-state index is 0.135. The molecule has 1 aromatic carbocycles. The van der Waals surface area contributed by atoms with Crippen molar-refractivity contribution in [1.82, 2.24) is 5.32 Å². The molecular weight excluding hydrogens is 305 g/mol. The zero-order chi connectivity index (χ0) is 17.7. The van der Waals surface area contributed by atoms with E-state index in [1.165, 1.54) is 12.1 Å². The summed E-state index contributed by atoms with van der Waals surface area (Å²) in [6.45, 7) is 4.36. The van der Waals surface area contributed by atoms with Gasteiger partial charge in [0.2, 0.25) is 0 Å². The largest absolute Gasteiger partial charge is 0.481 e. The molecule has 23 heavy (non-hydrogen) atoms. The average Bonchev–Trinajstić information content (AvgIpc) is 2.42. The van der Waals surface area contributed by atoms with Gasteiger partial charge in [0.1, 0.15) is 16.8 Å². The van der Waals surface area contributed by atoms with Gasteiger partial charge in [-0.25, -0.2) is 9.18 Å². The van der Waals surface area contributed by atoms with Crippen molar-refractivity contribution >= 4 is 12.1 Å². The van der Waals surface area contributed by atoms with E-state index in [1.54, 1.807) is 20.8 Å². The van der Waals surface area contributed by atoms with E-state index in [0.717, 1.165) is 12.1 Å². The van der Waals surface area contributed by atoms with E-state index in [0.29, 0.717) is 0 Å². The minimum atomic E-state index is -1.57. The Kier molecular flexibility index (Phi) is 6.09. The Morgan fingerprint density at radius 3 is 2.22 bits per heavy atom. The Labute approximate surface area is 134 Å². The predicted molar refractivity (Wildman–Crippen MR) is 81.7 cm³/mol. The second-order valence-electron chi connectivity index (χ2n) is 6.22. The third kappa shape index (κ3) is 5.21. The Bertz CT molecular complexity index is 553. The molecule has 0 saturated heterocycles. The number of benzene rings is 1. The molecule has 1 unspecified atom stereocenters. The van der Waals surface area contributed by atoms with Gasteiger partial charge in [0.25, 0.3) is 0 Å². The maximum atomic E-state index is 13.1. The van der Waals surface area contributed by atoms with Crippen LogP contribution >= 0.6 is 0 Å². The van der Waals surface area contributed by atoms with E-state index in [9.17, 15) is 24.2 Å². The first-order valence-corrected chi connectivity index (χ1v) is 7.18. The fourth-order valence-electron chi connectivity index (χ4n) is 2.14. The van der Waals surface area contributed by atoms with E-state index in [1.807, 2.05) is 0 Å². The van der Waals surface area contributed by atoms with Crippen LogP contribution in [-0.2, 0) is 14.9 Å². The molecular formula is C16H22FNO5. The number of aliphatic hydroxyl groups is 1. The number of alkyl carbamates (subject to hydrolysis) is 1. The lowest BCUT2D eigenvalue weighted by atomic mass is 9.77. The van der Waals surface area contributed by atoms with Crippen molar-refractivity contribution in [3.63, 3.8) is 0 Å². The summed E-state index contributed by atoms with van der Waals surface area (Å²) in [5.74, 6) is -1.73. The Hall–Kier alpha value is -2.15. The third-order valence-electron chi connectivity index (χ3n) is 3.28. The van der Waals surface area contributed by atoms with Crippen LogP contribution in [0.4, 0.5) is 9.18 Å². The second kappa shape index (κ2) is 7.41. The molecule has 0 aliphatic heterocycles. The number of aliphatic carboxylic acids is 1. The van der Waals surface area contributed by atoms with Crippen LogP contribution < -0.4 is 5.32 Å². The third-order valence-corrected chi connectivity index (χ3v) is 3.28. The molecule has 0 aliphatic carbocycles. The van der Waals surface area contributed by atoms with Crippen molar-refractivity contribution in [2.45, 2.75) is 38.2 Å². The van der Waals surface area contributed by atoms with Crippen molar-refractivity contribution in [2.24, 2.45) is 0 Å². The molecule has 6 nitrogen and oxygen atoms in total. The first kappa shape index (κ1) is 18.9. The van der Waals surface area contributed by atoms with Gasteiger partial charge >= 0.3 is 12.1 Å². The van der Waals surface area contributed by atoms with Crippen LogP contribution in [0.2, 0.25) is 0 Å². The van der Waals surface area contributed by atoms with E-state index >= 15 is 0 Å². The first-order chi connectivity index (χ1) is 10.6. The van der Waals surface area contributed by atoms with E-state index in [-0.39, 0.29) is 18.5 Å². The van der Waals surface area contributed by atoms with Gasteiger partial charge in [0.15, 0.2) is 0 Å². The molecule has 0 heterocycles. The highest BCUT2D eigenvalue weighted by Crippen LogP contribution is 2.28. The molecule has 128 valence electrons. The zero-order valence-electron chi connectivity index (χ0n) is 13.4. The number of carbonyl (C=O) groups excluding carboxylic acids is 1. The number of rotatable bonds is 6. The number of nitrogens with one attached hydrogen (secondary N) is 1. The van der Waals surface area contributed by atoms with Crippen molar-refractivity contribution in [3.05, 3.63) is 35.6 Å². The summed E-state index contributed by atoms with van der Waals surface area (Å²) >= 11 is 0. The van der Waals surface area contributed by atoms with Crippen molar-refractivity contribution in [2.75, 3.05) is 13.2 Å². The molecule has 0 aliphatic rings. The molecule has 0 spiro atoms.